The molecule has 4 nitrogen and oxygen atoms in total. The average Bonchev–Trinajstić information content (AvgIpc) is 3.85. The van der Waals surface area contributed by atoms with Crippen molar-refractivity contribution in [2.45, 2.75) is 78.6 Å². The highest BCUT2D eigenvalue weighted by Crippen LogP contribution is 2.53. The van der Waals surface area contributed by atoms with E-state index in [0.717, 1.165) is 56.1 Å². The Balaban J connectivity index is 1.10. The van der Waals surface area contributed by atoms with E-state index in [1.54, 1.807) is 0 Å². The van der Waals surface area contributed by atoms with Gasteiger partial charge in [0.05, 0.1) is 5.69 Å². The second kappa shape index (κ2) is 15.4. The summed E-state index contributed by atoms with van der Waals surface area (Å²) < 4.78 is 6.80. The first-order valence-electron chi connectivity index (χ1n) is 25.3. The molecule has 346 valence electrons. The Bertz CT molecular complexity index is 3790. The zero-order chi connectivity index (χ0) is 48.7. The lowest BCUT2D eigenvalue weighted by Gasteiger charge is -2.45. The van der Waals surface area contributed by atoms with Crippen LogP contribution in [0, 0.1) is 6.92 Å². The van der Waals surface area contributed by atoms with E-state index < -0.39 is 0 Å². The summed E-state index contributed by atoms with van der Waals surface area (Å²) in [7, 11) is 0. The number of aryl methyl sites for hydroxylation is 1. The first kappa shape index (κ1) is 43.3. The van der Waals surface area contributed by atoms with Gasteiger partial charge in [-0.05, 0) is 152 Å². The minimum Gasteiger partial charge on any atom is -0.454 e. The fraction of sp³-hybridized carbons (Fsp3) is 0.182. The molecule has 0 saturated heterocycles. The van der Waals surface area contributed by atoms with Crippen molar-refractivity contribution in [1.82, 2.24) is 0 Å². The van der Waals surface area contributed by atoms with Crippen molar-refractivity contribution in [2.24, 2.45) is 0 Å². The smallest absolute Gasteiger partial charge is 0.252 e. The van der Waals surface area contributed by atoms with Gasteiger partial charge >= 0.3 is 0 Å². The molecule has 10 aromatic rings. The van der Waals surface area contributed by atoms with Crippen LogP contribution in [-0.4, -0.2) is 6.71 Å². The van der Waals surface area contributed by atoms with E-state index in [0.29, 0.717) is 0 Å². The second-order valence-corrected chi connectivity index (χ2v) is 22.7. The summed E-state index contributed by atoms with van der Waals surface area (Å²) in [5.74, 6) is 0. The zero-order valence-corrected chi connectivity index (χ0v) is 42.2. The van der Waals surface area contributed by atoms with Crippen LogP contribution in [0.2, 0.25) is 0 Å². The van der Waals surface area contributed by atoms with Crippen LogP contribution in [0.5, 0.6) is 0 Å². The molecular weight excluding hydrogens is 862 g/mol. The highest BCUT2D eigenvalue weighted by atomic mass is 16.3. The van der Waals surface area contributed by atoms with Gasteiger partial charge in [0.2, 0.25) is 0 Å². The summed E-state index contributed by atoms with van der Waals surface area (Å²) in [6.45, 7) is 20.9. The molecule has 9 aromatic carbocycles. The monoisotopic (exact) mass is 919 g/mol. The lowest BCUT2D eigenvalue weighted by atomic mass is 9.33. The first-order valence-corrected chi connectivity index (χ1v) is 25.3. The predicted molar refractivity (Wildman–Crippen MR) is 302 cm³/mol. The van der Waals surface area contributed by atoms with Crippen LogP contribution in [0.25, 0.3) is 33.1 Å². The van der Waals surface area contributed by atoms with Gasteiger partial charge in [0.25, 0.3) is 6.71 Å². The highest BCUT2D eigenvalue weighted by Gasteiger charge is 2.45. The Morgan fingerprint density at radius 3 is 1.89 bits per heavy atom. The van der Waals surface area contributed by atoms with Gasteiger partial charge in [-0.3, -0.25) is 0 Å². The zero-order valence-electron chi connectivity index (χ0n) is 42.2. The van der Waals surface area contributed by atoms with Gasteiger partial charge in [-0.25, -0.2) is 0 Å². The van der Waals surface area contributed by atoms with Crippen LogP contribution >= 0.6 is 0 Å². The maximum absolute atomic E-state index is 6.80. The molecule has 0 radical (unpaired) electrons. The van der Waals surface area contributed by atoms with E-state index in [-0.39, 0.29) is 23.0 Å². The number of nitrogens with zero attached hydrogens (tertiary/aromatic N) is 3. The number of hydrogen-bond donors (Lipinski definition) is 0. The fourth-order valence-corrected chi connectivity index (χ4v) is 12.1. The van der Waals surface area contributed by atoms with Crippen molar-refractivity contribution in [3.05, 3.63) is 216 Å². The van der Waals surface area contributed by atoms with Crippen LogP contribution in [0.1, 0.15) is 83.2 Å². The van der Waals surface area contributed by atoms with Crippen LogP contribution in [0.3, 0.4) is 0 Å². The average molecular weight is 920 g/mol. The quantitative estimate of drug-likeness (QED) is 0.160. The SMILES string of the molecule is Cc1cc2c3c(c1)N(c1ccc4c(c1)C(C)(C)c1ccccc1-4)c1cc(N(c4ccccc4)c4cccc5c4oc4ccccc45)ccc1B3c1cc(C(C)(C)C)ccc1N2c1ccc(C(C)(C)C)cc1. The Morgan fingerprint density at radius 2 is 1.13 bits per heavy atom. The summed E-state index contributed by atoms with van der Waals surface area (Å²) >= 11 is 0. The Labute approximate surface area is 418 Å². The van der Waals surface area contributed by atoms with E-state index in [2.05, 4.69) is 265 Å². The summed E-state index contributed by atoms with van der Waals surface area (Å²) in [6, 6.07) is 70.6. The molecule has 3 aliphatic rings. The number of benzene rings is 9. The molecular formula is C66H58BN3O. The van der Waals surface area contributed by atoms with Gasteiger partial charge in [0.1, 0.15) is 5.58 Å². The van der Waals surface area contributed by atoms with E-state index in [1.807, 2.05) is 0 Å². The molecule has 1 aromatic heterocycles. The van der Waals surface area contributed by atoms with Crippen LogP contribution in [0.15, 0.2) is 192 Å². The molecule has 0 bridgehead atoms. The third kappa shape index (κ3) is 6.58. The molecule has 5 heteroatoms. The summed E-state index contributed by atoms with van der Waals surface area (Å²) in [5, 5.41) is 2.21. The molecule has 0 fully saturated rings. The predicted octanol–water partition coefficient (Wildman–Crippen LogP) is 16.3. The van der Waals surface area contributed by atoms with Gasteiger partial charge in [0, 0.05) is 61.7 Å². The Kier molecular flexibility index (Phi) is 9.37. The number of furan rings is 1. The van der Waals surface area contributed by atoms with Crippen molar-refractivity contribution < 1.29 is 4.42 Å². The number of para-hydroxylation sites is 3. The van der Waals surface area contributed by atoms with Gasteiger partial charge in [-0.1, -0.05) is 165 Å². The Hall–Kier alpha value is -7.76. The third-order valence-electron chi connectivity index (χ3n) is 15.8. The van der Waals surface area contributed by atoms with Crippen molar-refractivity contribution in [3.63, 3.8) is 0 Å². The van der Waals surface area contributed by atoms with Crippen molar-refractivity contribution in [2.75, 3.05) is 14.7 Å². The normalized spacial score (nSPS) is 14.3. The first-order chi connectivity index (χ1) is 34.1. The molecule has 71 heavy (non-hydrogen) atoms. The second-order valence-electron chi connectivity index (χ2n) is 22.7. The van der Waals surface area contributed by atoms with E-state index in [9.17, 15) is 0 Å². The molecule has 2 aliphatic heterocycles. The molecule has 1 aliphatic carbocycles. The van der Waals surface area contributed by atoms with Crippen LogP contribution in [0.4, 0.5) is 51.2 Å². The molecule has 0 N–H and O–H groups in total. The lowest BCUT2D eigenvalue weighted by Crippen LogP contribution is -2.61. The molecule has 3 heterocycles. The molecule has 0 spiro atoms. The molecule has 0 atom stereocenters. The lowest BCUT2D eigenvalue weighted by molar-refractivity contribution is 0.590. The maximum Gasteiger partial charge on any atom is 0.252 e. The number of rotatable bonds is 5. The van der Waals surface area contributed by atoms with Gasteiger partial charge < -0.3 is 19.1 Å². The van der Waals surface area contributed by atoms with Crippen molar-refractivity contribution in [3.8, 4) is 11.1 Å². The topological polar surface area (TPSA) is 22.9 Å². The standard InChI is InChI=1S/C66H58BN3O/c1-41-36-59-62-60(37-41)70(46-31-33-49-48-20-13-15-23-52(48)66(8,9)53(49)39-46)58-40-47(68(44-18-11-10-12-19-44)57-24-17-22-51-50-21-14-16-25-61(50)71-63(51)57)32-34-54(58)67(62)55-38-43(65(5,6)7)28-35-56(55)69(59)45-29-26-42(27-30-45)64(2,3)4/h10-40H,1-9H3. The van der Waals surface area contributed by atoms with E-state index in [1.165, 1.54) is 72.4 Å². The maximum atomic E-state index is 6.80. The van der Waals surface area contributed by atoms with E-state index >= 15 is 0 Å². The van der Waals surface area contributed by atoms with Gasteiger partial charge in [0.15, 0.2) is 5.58 Å². The molecule has 13 rings (SSSR count). The fourth-order valence-electron chi connectivity index (χ4n) is 12.1. The molecule has 0 unspecified atom stereocenters. The molecule has 0 saturated carbocycles. The summed E-state index contributed by atoms with van der Waals surface area (Å²) in [4.78, 5) is 7.52. The summed E-state index contributed by atoms with van der Waals surface area (Å²) in [5.41, 5.74) is 24.9. The minimum absolute atomic E-state index is 0.0388. The number of fused-ring (bicyclic) bond motifs is 10. The minimum atomic E-state index is -0.176. The largest absolute Gasteiger partial charge is 0.454 e. The summed E-state index contributed by atoms with van der Waals surface area (Å²) in [6.07, 6.45) is 0. The van der Waals surface area contributed by atoms with Crippen LogP contribution < -0.4 is 31.1 Å². The van der Waals surface area contributed by atoms with Crippen molar-refractivity contribution >= 4 is 96.2 Å². The highest BCUT2D eigenvalue weighted by molar-refractivity contribution is 7.00. The van der Waals surface area contributed by atoms with Crippen molar-refractivity contribution in [1.29, 1.82) is 0 Å². The van der Waals surface area contributed by atoms with E-state index in [4.69, 9.17) is 4.42 Å². The van der Waals surface area contributed by atoms with Gasteiger partial charge in [-0.2, -0.15) is 0 Å². The molecule has 0 amide bonds. The third-order valence-corrected chi connectivity index (χ3v) is 15.8. The number of anilines is 9. The van der Waals surface area contributed by atoms with Crippen LogP contribution in [-0.2, 0) is 16.2 Å². The Morgan fingerprint density at radius 1 is 0.479 bits per heavy atom. The number of hydrogen-bond acceptors (Lipinski definition) is 4. The van der Waals surface area contributed by atoms with Gasteiger partial charge in [-0.15, -0.1) is 0 Å².